The Morgan fingerprint density at radius 3 is 2.25 bits per heavy atom. The summed E-state index contributed by atoms with van der Waals surface area (Å²) in [6.45, 7) is 11.6. The Morgan fingerprint density at radius 1 is 1.15 bits per heavy atom. The number of hydrogen-bond acceptors (Lipinski definition) is 7. The average molecular weight is 595 g/mol. The molecular formula is C29H46N4O5S2. The molecule has 1 aromatic carbocycles. The van der Waals surface area contributed by atoms with E-state index < -0.39 is 50.2 Å². The third-order valence-electron chi connectivity index (χ3n) is 8.01. The van der Waals surface area contributed by atoms with Gasteiger partial charge in [-0.05, 0) is 50.0 Å². The highest BCUT2D eigenvalue weighted by Crippen LogP contribution is 2.47. The molecule has 1 aliphatic heterocycles. The Kier molecular flexibility index (Phi) is 11.1. The van der Waals surface area contributed by atoms with Crippen molar-refractivity contribution in [3.63, 3.8) is 0 Å². The highest BCUT2D eigenvalue weighted by atomic mass is 32.2. The molecule has 0 spiro atoms. The first kappa shape index (κ1) is 33.8. The van der Waals surface area contributed by atoms with Gasteiger partial charge in [0, 0.05) is 17.5 Å². The van der Waals surface area contributed by atoms with Crippen molar-refractivity contribution in [3.05, 3.63) is 47.5 Å². The summed E-state index contributed by atoms with van der Waals surface area (Å²) in [4.78, 5) is 42.4. The quantitative estimate of drug-likeness (QED) is 0.217. The van der Waals surface area contributed by atoms with E-state index in [0.29, 0.717) is 31.6 Å². The number of benzene rings is 1. The second-order valence-electron chi connectivity index (χ2n) is 12.1. The summed E-state index contributed by atoms with van der Waals surface area (Å²) in [7, 11) is -2.13. The minimum Gasteiger partial charge on any atom is -0.368 e. The van der Waals surface area contributed by atoms with Crippen molar-refractivity contribution in [2.24, 2.45) is 17.1 Å². The molecule has 3 atom stereocenters. The maximum atomic E-state index is 14.5. The van der Waals surface area contributed by atoms with Crippen molar-refractivity contribution in [1.29, 1.82) is 0 Å². The first-order valence-corrected chi connectivity index (χ1v) is 15.9. The Labute approximate surface area is 245 Å². The number of nitrogens with one attached hydrogen (secondary N) is 2. The van der Waals surface area contributed by atoms with Crippen molar-refractivity contribution in [1.82, 2.24) is 14.9 Å². The van der Waals surface area contributed by atoms with Crippen molar-refractivity contribution in [2.45, 2.75) is 77.8 Å². The zero-order valence-corrected chi connectivity index (χ0v) is 26.5. The molecule has 1 unspecified atom stereocenters. The average Bonchev–Trinajstić information content (AvgIpc) is 3.32. The Balaban J connectivity index is 2.54. The molecule has 11 heteroatoms. The number of carbonyl (C=O) groups is 3. The number of likely N-dealkylation sites (tertiary alicyclic amines) is 1. The van der Waals surface area contributed by atoms with Crippen molar-refractivity contribution in [2.75, 3.05) is 25.1 Å². The van der Waals surface area contributed by atoms with Crippen molar-refractivity contribution >= 4 is 40.4 Å². The standard InChI is InChI=1S/C29H46N4O5S2/c1-20(24(34)32-40(37,38)18-12-17-39)19-22-15-11-16-33(22)25(35)23(27(2,3)4)29(31-7,26(30)36)28(5,6)21-13-9-8-10-14-21/h8-10,13-14,19,22-23,31,39H,11-12,15-18H2,1-7H3,(H2,30,36)(H,32,34)/b20-19+/t22-,23-,29?/m0/s1. The van der Waals surface area contributed by atoms with Crippen LogP contribution in [0.2, 0.25) is 0 Å². The second kappa shape index (κ2) is 13.1. The van der Waals surface area contributed by atoms with Crippen LogP contribution in [0, 0.1) is 11.3 Å². The number of nitrogens with two attached hydrogens (primary N) is 1. The van der Waals surface area contributed by atoms with Crippen molar-refractivity contribution < 1.29 is 22.8 Å². The molecular weight excluding hydrogens is 548 g/mol. The lowest BCUT2D eigenvalue weighted by Crippen LogP contribution is -2.73. The molecule has 0 saturated carbocycles. The third kappa shape index (κ3) is 7.09. The van der Waals surface area contributed by atoms with E-state index in [1.165, 1.54) is 6.92 Å². The number of rotatable bonds is 12. The van der Waals surface area contributed by atoms with Crippen LogP contribution in [0.25, 0.3) is 0 Å². The summed E-state index contributed by atoms with van der Waals surface area (Å²) in [6.07, 6.45) is 3.26. The van der Waals surface area contributed by atoms with Gasteiger partial charge in [0.1, 0.15) is 5.54 Å². The van der Waals surface area contributed by atoms with E-state index >= 15 is 0 Å². The lowest BCUT2D eigenvalue weighted by molar-refractivity contribution is -0.152. The van der Waals surface area contributed by atoms with Gasteiger partial charge in [0.15, 0.2) is 0 Å². The van der Waals surface area contributed by atoms with Gasteiger partial charge < -0.3 is 16.0 Å². The molecule has 0 aromatic heterocycles. The fourth-order valence-electron chi connectivity index (χ4n) is 5.98. The van der Waals surface area contributed by atoms with E-state index in [2.05, 4.69) is 22.7 Å². The number of likely N-dealkylation sites (N-methyl/N-ethyl adjacent to an activating group) is 1. The maximum Gasteiger partial charge on any atom is 0.260 e. The van der Waals surface area contributed by atoms with Crippen LogP contribution in [-0.4, -0.2) is 67.7 Å². The summed E-state index contributed by atoms with van der Waals surface area (Å²) in [5.41, 5.74) is 4.21. The topological polar surface area (TPSA) is 139 Å². The van der Waals surface area contributed by atoms with E-state index in [4.69, 9.17) is 5.73 Å². The molecule has 1 saturated heterocycles. The zero-order valence-electron chi connectivity index (χ0n) is 24.8. The molecule has 1 aliphatic rings. The Bertz CT molecular complexity index is 1210. The van der Waals surface area contributed by atoms with Crippen LogP contribution in [-0.2, 0) is 29.8 Å². The van der Waals surface area contributed by atoms with E-state index in [-0.39, 0.29) is 17.2 Å². The van der Waals surface area contributed by atoms with E-state index in [9.17, 15) is 22.8 Å². The van der Waals surface area contributed by atoms with Crippen molar-refractivity contribution in [3.8, 4) is 0 Å². The second-order valence-corrected chi connectivity index (χ2v) is 14.4. The summed E-state index contributed by atoms with van der Waals surface area (Å²) in [5, 5.41) is 3.21. The zero-order chi connectivity index (χ0) is 30.5. The largest absolute Gasteiger partial charge is 0.368 e. The lowest BCUT2D eigenvalue weighted by Gasteiger charge is -2.53. The summed E-state index contributed by atoms with van der Waals surface area (Å²) < 4.78 is 26.5. The van der Waals surface area contributed by atoms with Gasteiger partial charge in [-0.15, -0.1) is 0 Å². The SMILES string of the molecule is CNC(C(N)=O)([C@@H](C(=O)N1CCC[C@H]1/C=C(\C)C(=O)NS(=O)(=O)CCCS)C(C)(C)C)C(C)(C)c1ccccc1. The summed E-state index contributed by atoms with van der Waals surface area (Å²) in [6, 6.07) is 9.08. The van der Waals surface area contributed by atoms with Gasteiger partial charge in [-0.2, -0.15) is 12.6 Å². The van der Waals surface area contributed by atoms with Crippen LogP contribution >= 0.6 is 12.6 Å². The maximum absolute atomic E-state index is 14.5. The first-order chi connectivity index (χ1) is 18.5. The molecule has 224 valence electrons. The molecule has 40 heavy (non-hydrogen) atoms. The summed E-state index contributed by atoms with van der Waals surface area (Å²) >= 11 is 4.03. The van der Waals surface area contributed by atoms with E-state index in [1.807, 2.05) is 65.0 Å². The number of nitrogens with zero attached hydrogens (tertiary/aromatic N) is 1. The fraction of sp³-hybridized carbons (Fsp3) is 0.621. The Morgan fingerprint density at radius 2 is 1.75 bits per heavy atom. The fourth-order valence-corrected chi connectivity index (χ4v) is 7.42. The van der Waals surface area contributed by atoms with E-state index in [1.54, 1.807) is 18.0 Å². The molecule has 4 N–H and O–H groups in total. The highest BCUT2D eigenvalue weighted by molar-refractivity contribution is 7.90. The molecule has 1 heterocycles. The van der Waals surface area contributed by atoms with Gasteiger partial charge in [0.2, 0.25) is 21.8 Å². The molecule has 0 bridgehead atoms. The van der Waals surface area contributed by atoms with Gasteiger partial charge in [0.05, 0.1) is 17.7 Å². The molecule has 0 aliphatic carbocycles. The summed E-state index contributed by atoms with van der Waals surface area (Å²) in [5.74, 6) is -2.30. The minimum absolute atomic E-state index is 0.200. The van der Waals surface area contributed by atoms with Crippen LogP contribution in [0.3, 0.4) is 0 Å². The van der Waals surface area contributed by atoms with Crippen LogP contribution in [0.1, 0.15) is 66.4 Å². The number of amides is 3. The van der Waals surface area contributed by atoms with Gasteiger partial charge >= 0.3 is 0 Å². The number of primary amides is 1. The number of thiol groups is 1. The number of sulfonamides is 1. The molecule has 0 radical (unpaired) electrons. The van der Waals surface area contributed by atoms with Crippen LogP contribution in [0.5, 0.6) is 0 Å². The van der Waals surface area contributed by atoms with Crippen LogP contribution in [0.4, 0.5) is 0 Å². The Hall–Kier alpha value is -2.37. The number of hydrogen-bond donors (Lipinski definition) is 4. The third-order valence-corrected chi connectivity index (χ3v) is 9.65. The van der Waals surface area contributed by atoms with Gasteiger partial charge in [-0.25, -0.2) is 13.1 Å². The van der Waals surface area contributed by atoms with Gasteiger partial charge in [-0.3, -0.25) is 14.4 Å². The lowest BCUT2D eigenvalue weighted by atomic mass is 9.55. The predicted octanol–water partition coefficient (Wildman–Crippen LogP) is 2.77. The minimum atomic E-state index is -3.79. The predicted molar refractivity (Wildman–Crippen MR) is 162 cm³/mol. The van der Waals surface area contributed by atoms with Gasteiger partial charge in [-0.1, -0.05) is 71.0 Å². The molecule has 2 rings (SSSR count). The smallest absolute Gasteiger partial charge is 0.260 e. The molecule has 1 fully saturated rings. The molecule has 9 nitrogen and oxygen atoms in total. The molecule has 1 aromatic rings. The normalized spacial score (nSPS) is 19.1. The monoisotopic (exact) mass is 594 g/mol. The molecule has 3 amide bonds. The number of carbonyl (C=O) groups excluding carboxylic acids is 3. The highest BCUT2D eigenvalue weighted by Gasteiger charge is 2.61. The first-order valence-electron chi connectivity index (χ1n) is 13.6. The van der Waals surface area contributed by atoms with Crippen LogP contribution in [0.15, 0.2) is 42.0 Å². The van der Waals surface area contributed by atoms with Gasteiger partial charge in [0.25, 0.3) is 5.91 Å². The van der Waals surface area contributed by atoms with E-state index in [0.717, 1.165) is 5.56 Å². The van der Waals surface area contributed by atoms with Crippen LogP contribution < -0.4 is 15.8 Å².